The van der Waals surface area contributed by atoms with Gasteiger partial charge in [0.2, 0.25) is 0 Å². The van der Waals surface area contributed by atoms with Crippen molar-refractivity contribution in [1.82, 2.24) is 0 Å². The molecule has 0 N–H and O–H groups in total. The predicted octanol–water partition coefficient (Wildman–Crippen LogP) is 12.9. The van der Waals surface area contributed by atoms with Crippen molar-refractivity contribution in [3.63, 3.8) is 0 Å². The highest BCUT2D eigenvalue weighted by Gasteiger charge is 2.40. The summed E-state index contributed by atoms with van der Waals surface area (Å²) in [5.41, 5.74) is 19.0. The number of benzene rings is 3. The van der Waals surface area contributed by atoms with E-state index < -0.39 is 0 Å². The number of aryl methyl sites for hydroxylation is 3. The maximum Gasteiger partial charge on any atom is 0.0201 e. The van der Waals surface area contributed by atoms with Crippen molar-refractivity contribution in [2.75, 3.05) is 0 Å². The zero-order chi connectivity index (χ0) is 33.0. The summed E-state index contributed by atoms with van der Waals surface area (Å²) in [5, 5.41) is 0. The second-order valence-electron chi connectivity index (χ2n) is 14.1. The van der Waals surface area contributed by atoms with E-state index in [-0.39, 0.29) is 11.8 Å². The molecule has 1 fully saturated rings. The van der Waals surface area contributed by atoms with Crippen molar-refractivity contribution in [3.05, 3.63) is 165 Å². The van der Waals surface area contributed by atoms with Crippen molar-refractivity contribution >= 4 is 11.6 Å². The summed E-state index contributed by atoms with van der Waals surface area (Å²) in [6.45, 7) is 26.9. The molecule has 2 unspecified atom stereocenters. The molecule has 238 valence electrons. The quantitative estimate of drug-likeness (QED) is 0.192. The van der Waals surface area contributed by atoms with E-state index in [2.05, 4.69) is 134 Å². The number of hydrogen-bond acceptors (Lipinski definition) is 0. The van der Waals surface area contributed by atoms with Crippen LogP contribution in [0.2, 0.25) is 0 Å². The van der Waals surface area contributed by atoms with Gasteiger partial charge >= 0.3 is 0 Å². The molecular formula is C46H54. The van der Waals surface area contributed by atoms with E-state index in [0.717, 1.165) is 50.5 Å². The molecule has 3 aromatic carbocycles. The van der Waals surface area contributed by atoms with Gasteiger partial charge < -0.3 is 0 Å². The molecule has 0 spiro atoms. The molecule has 2 atom stereocenters. The van der Waals surface area contributed by atoms with E-state index in [4.69, 9.17) is 6.58 Å². The third-order valence-electron chi connectivity index (χ3n) is 10.2. The molecule has 1 saturated carbocycles. The molecule has 0 radical (unpaired) electrons. The van der Waals surface area contributed by atoms with E-state index in [1.165, 1.54) is 72.4 Å². The fourth-order valence-corrected chi connectivity index (χ4v) is 7.63. The van der Waals surface area contributed by atoms with Crippen LogP contribution in [0.4, 0.5) is 0 Å². The highest BCUT2D eigenvalue weighted by molar-refractivity contribution is 5.68. The average Bonchev–Trinajstić information content (AvgIpc) is 3.34. The predicted molar refractivity (Wildman–Crippen MR) is 202 cm³/mol. The van der Waals surface area contributed by atoms with Gasteiger partial charge in [-0.25, -0.2) is 0 Å². The molecule has 5 rings (SSSR count). The average molecular weight is 607 g/mol. The molecule has 46 heavy (non-hydrogen) atoms. The van der Waals surface area contributed by atoms with Crippen molar-refractivity contribution in [2.45, 2.75) is 98.3 Å². The van der Waals surface area contributed by atoms with Gasteiger partial charge in [-0.15, -0.1) is 0 Å². The Kier molecular flexibility index (Phi) is 10.7. The van der Waals surface area contributed by atoms with E-state index in [1.807, 2.05) is 0 Å². The van der Waals surface area contributed by atoms with Crippen LogP contribution in [0.25, 0.3) is 11.6 Å². The molecule has 0 heteroatoms. The molecule has 0 nitrogen and oxygen atoms in total. The second-order valence-corrected chi connectivity index (χ2v) is 14.1. The molecule has 0 amide bonds. The molecule has 0 heterocycles. The van der Waals surface area contributed by atoms with Crippen molar-refractivity contribution in [3.8, 4) is 0 Å². The molecule has 0 aliphatic heterocycles. The van der Waals surface area contributed by atoms with Crippen LogP contribution in [0.3, 0.4) is 0 Å². The fraction of sp³-hybridized carbons (Fsp3) is 0.348. The molecule has 2 aliphatic carbocycles. The number of allylic oxidation sites excluding steroid dienone is 8. The lowest BCUT2D eigenvalue weighted by atomic mass is 9.69. The summed E-state index contributed by atoms with van der Waals surface area (Å²) < 4.78 is 0. The van der Waals surface area contributed by atoms with Crippen molar-refractivity contribution in [1.29, 1.82) is 0 Å². The Morgan fingerprint density at radius 2 is 1.57 bits per heavy atom. The lowest BCUT2D eigenvalue weighted by Gasteiger charge is -2.34. The Labute approximate surface area is 280 Å². The van der Waals surface area contributed by atoms with Crippen LogP contribution >= 0.6 is 0 Å². The first-order chi connectivity index (χ1) is 22.1. The van der Waals surface area contributed by atoms with Crippen LogP contribution in [0, 0.1) is 5.92 Å². The molecule has 0 bridgehead atoms. The maximum atomic E-state index is 4.79. The Balaban J connectivity index is 1.43. The third-order valence-corrected chi connectivity index (χ3v) is 10.2. The van der Waals surface area contributed by atoms with Gasteiger partial charge in [0.1, 0.15) is 0 Å². The first kappa shape index (κ1) is 33.5. The summed E-state index contributed by atoms with van der Waals surface area (Å²) in [4.78, 5) is 0. The topological polar surface area (TPSA) is 0 Å². The Hall–Kier alpha value is -3.90. The van der Waals surface area contributed by atoms with Gasteiger partial charge in [0, 0.05) is 11.8 Å². The number of rotatable bonds is 12. The summed E-state index contributed by atoms with van der Waals surface area (Å²) in [6.07, 6.45) is 12.4. The van der Waals surface area contributed by atoms with Crippen LogP contribution in [-0.2, 0) is 19.3 Å². The normalized spacial score (nSPS) is 18.7. The molecule has 3 aromatic rings. The van der Waals surface area contributed by atoms with Crippen LogP contribution in [0.5, 0.6) is 0 Å². The molecular weight excluding hydrogens is 553 g/mol. The minimum atomic E-state index is 0.265. The van der Waals surface area contributed by atoms with Crippen LogP contribution < -0.4 is 0 Å². The van der Waals surface area contributed by atoms with Crippen LogP contribution in [0.15, 0.2) is 126 Å². The van der Waals surface area contributed by atoms with Gasteiger partial charge in [0.05, 0.1) is 0 Å². The molecule has 2 aliphatic rings. The number of hydrogen-bond donors (Lipinski definition) is 0. The van der Waals surface area contributed by atoms with E-state index >= 15 is 0 Å². The van der Waals surface area contributed by atoms with Crippen molar-refractivity contribution < 1.29 is 0 Å². The van der Waals surface area contributed by atoms with Crippen molar-refractivity contribution in [2.24, 2.45) is 5.92 Å². The van der Waals surface area contributed by atoms with Crippen LogP contribution in [0.1, 0.15) is 118 Å². The Morgan fingerprint density at radius 1 is 0.848 bits per heavy atom. The molecule has 0 aromatic heterocycles. The fourth-order valence-electron chi connectivity index (χ4n) is 7.63. The van der Waals surface area contributed by atoms with Gasteiger partial charge in [0.25, 0.3) is 0 Å². The zero-order valence-corrected chi connectivity index (χ0v) is 29.3. The monoisotopic (exact) mass is 606 g/mol. The smallest absolute Gasteiger partial charge is 0.0201 e. The Morgan fingerprint density at radius 3 is 2.20 bits per heavy atom. The Bertz CT molecular complexity index is 1690. The maximum absolute atomic E-state index is 4.79. The second kappa shape index (κ2) is 14.7. The lowest BCUT2D eigenvalue weighted by Crippen LogP contribution is -2.21. The summed E-state index contributed by atoms with van der Waals surface area (Å²) >= 11 is 0. The van der Waals surface area contributed by atoms with Gasteiger partial charge in [-0.3, -0.25) is 0 Å². The highest BCUT2D eigenvalue weighted by atomic mass is 14.4. The minimum absolute atomic E-state index is 0.265. The van der Waals surface area contributed by atoms with Gasteiger partial charge in [-0.05, 0) is 113 Å². The standard InChI is InChI=1S/C46H54/c1-10-12-32(7)44-33(8)26-43-29-42(34(9)45(43)46(44)40-24-22-38(23-25-40)31(5)6)28-36-17-21-39(41(27-36)13-11-2)20-16-35-14-18-37(19-15-35)30(3)4/h14-15,17-19,21-28,31,45-46H,3,7,9-13,16,20,29H2,1-2,4-6,8H3. The summed E-state index contributed by atoms with van der Waals surface area (Å²) in [6, 6.07) is 25.5. The molecule has 0 saturated heterocycles. The third kappa shape index (κ3) is 7.23. The number of fused-ring (bicyclic) bond motifs is 1. The summed E-state index contributed by atoms with van der Waals surface area (Å²) in [7, 11) is 0. The van der Waals surface area contributed by atoms with E-state index in [1.54, 1.807) is 0 Å². The van der Waals surface area contributed by atoms with E-state index in [0.29, 0.717) is 5.92 Å². The van der Waals surface area contributed by atoms with Gasteiger partial charge in [-0.2, -0.15) is 0 Å². The first-order valence-electron chi connectivity index (χ1n) is 17.6. The van der Waals surface area contributed by atoms with Crippen LogP contribution in [-0.4, -0.2) is 0 Å². The first-order valence-corrected chi connectivity index (χ1v) is 17.6. The minimum Gasteiger partial charge on any atom is -0.0955 e. The SMILES string of the molecule is C=C(CCC)C1=C(C)C=C2CC(=Cc3ccc(CCc4ccc(C(=C)C)cc4)c(CCC)c3)C(=C)C2C1c1ccc(C(C)C)cc1. The zero-order valence-electron chi connectivity index (χ0n) is 29.3. The van der Waals surface area contributed by atoms with Gasteiger partial charge in [0.15, 0.2) is 0 Å². The highest BCUT2D eigenvalue weighted by Crippen LogP contribution is 2.55. The van der Waals surface area contributed by atoms with Gasteiger partial charge in [-0.1, -0.05) is 156 Å². The lowest BCUT2D eigenvalue weighted by molar-refractivity contribution is 0.619. The largest absolute Gasteiger partial charge is 0.0955 e. The van der Waals surface area contributed by atoms with E-state index in [9.17, 15) is 0 Å². The summed E-state index contributed by atoms with van der Waals surface area (Å²) in [5.74, 6) is 1.08.